The summed E-state index contributed by atoms with van der Waals surface area (Å²) in [4.78, 5) is 37.4. The van der Waals surface area contributed by atoms with Gasteiger partial charge in [0.1, 0.15) is 23.4 Å². The minimum atomic E-state index is -5.33. The largest absolute Gasteiger partial charge is 0.508 e. The van der Waals surface area contributed by atoms with E-state index in [0.717, 1.165) is 12.1 Å². The number of phenolic OH excluding ortho intramolecular Hbond substituents is 1. The van der Waals surface area contributed by atoms with Gasteiger partial charge in [-0.05, 0) is 67.9 Å². The molecule has 0 aliphatic rings. The van der Waals surface area contributed by atoms with E-state index in [0.29, 0.717) is 5.75 Å². The average Bonchev–Trinajstić information content (AvgIpc) is 2.94. The molecule has 12 nitrogen and oxygen atoms in total. The van der Waals surface area contributed by atoms with E-state index < -0.39 is 41.6 Å². The molecule has 228 valence electrons. The fourth-order valence-corrected chi connectivity index (χ4v) is 3.63. The first-order chi connectivity index (χ1) is 20.2. The third-order valence-corrected chi connectivity index (χ3v) is 5.59. The number of nitrogen functional groups attached to an aromatic ring is 1. The lowest BCUT2D eigenvalue weighted by Gasteiger charge is -2.22. The van der Waals surface area contributed by atoms with Gasteiger partial charge in [0.05, 0.1) is 18.8 Å². The number of hydrazine groups is 1. The number of halogens is 3. The van der Waals surface area contributed by atoms with Gasteiger partial charge in [-0.3, -0.25) is 25.8 Å². The molecule has 0 spiro atoms. The number of nitrogens with one attached hydrogen (secondary N) is 4. The highest BCUT2D eigenvalue weighted by atomic mass is 19.4. The maximum Gasteiger partial charge on any atom is 0.491 e. The van der Waals surface area contributed by atoms with E-state index in [9.17, 15) is 32.7 Å². The van der Waals surface area contributed by atoms with Crippen molar-refractivity contribution < 1.29 is 46.9 Å². The van der Waals surface area contributed by atoms with Gasteiger partial charge in [-0.15, -0.1) is 0 Å². The molecule has 3 rings (SSSR count). The lowest BCUT2D eigenvalue weighted by molar-refractivity contribution is -0.189. The number of carbonyl (C=O) groups excluding carboxylic acids is 3. The number of aromatic hydroxyl groups is 1. The van der Waals surface area contributed by atoms with E-state index in [1.165, 1.54) is 49.6 Å². The van der Waals surface area contributed by atoms with Gasteiger partial charge in [0, 0.05) is 17.3 Å². The molecule has 2 amide bonds. The maximum absolute atomic E-state index is 13.4. The van der Waals surface area contributed by atoms with Crippen LogP contribution in [0, 0.1) is 5.41 Å². The third kappa shape index (κ3) is 8.51. The number of amides is 2. The Kier molecular flexibility index (Phi) is 10.0. The van der Waals surface area contributed by atoms with Crippen molar-refractivity contribution in [2.45, 2.75) is 32.2 Å². The molecule has 3 aromatic rings. The molecule has 0 bridgehead atoms. The molecule has 0 aliphatic carbocycles. The summed E-state index contributed by atoms with van der Waals surface area (Å²) in [6.07, 6.45) is -5.53. The number of anilines is 1. The van der Waals surface area contributed by atoms with Gasteiger partial charge in [0.2, 0.25) is 0 Å². The topological polar surface area (TPSA) is 185 Å². The summed E-state index contributed by atoms with van der Waals surface area (Å²) < 4.78 is 54.2. The molecule has 1 atom stereocenters. The van der Waals surface area contributed by atoms with Crippen molar-refractivity contribution in [2.75, 3.05) is 12.4 Å². The summed E-state index contributed by atoms with van der Waals surface area (Å²) in [5, 5.41) is 19.9. The standard InChI is InChI=1S/C28H28F3N5O7/c1-14(2)42-20-11-6-16(12-22(20)41-3)23(26(39)36-35-25(38)15-4-8-18(37)9-5-15)34-17-7-10-19(24(32)33)21(13-17)43-27(40)28(29,30)31/h4-14,23,34,37H,1-3H3,(H3,32,33)(H,35,38)(H,36,39). The van der Waals surface area contributed by atoms with E-state index in [2.05, 4.69) is 20.9 Å². The molecule has 0 saturated heterocycles. The molecule has 15 heteroatoms. The van der Waals surface area contributed by atoms with Gasteiger partial charge < -0.3 is 30.4 Å². The fraction of sp³-hybridized carbons (Fsp3) is 0.214. The number of benzene rings is 3. The number of nitrogens with two attached hydrogens (primary N) is 1. The van der Waals surface area contributed by atoms with E-state index >= 15 is 0 Å². The van der Waals surface area contributed by atoms with Crippen molar-refractivity contribution in [3.63, 3.8) is 0 Å². The van der Waals surface area contributed by atoms with Crippen molar-refractivity contribution >= 4 is 29.3 Å². The van der Waals surface area contributed by atoms with Crippen LogP contribution in [0.1, 0.15) is 41.4 Å². The summed E-state index contributed by atoms with van der Waals surface area (Å²) in [6, 6.07) is 11.8. The van der Waals surface area contributed by atoms with Gasteiger partial charge in [-0.25, -0.2) is 4.79 Å². The number of hydrogen-bond donors (Lipinski definition) is 6. The van der Waals surface area contributed by atoms with E-state index in [1.54, 1.807) is 19.9 Å². The SMILES string of the molecule is COc1cc(C(Nc2ccc(C(=N)N)c(OC(=O)C(F)(F)F)c2)C(=O)NNC(=O)c2ccc(O)cc2)ccc1OC(C)C. The number of rotatable bonds is 10. The Hall–Kier alpha value is -5.47. The highest BCUT2D eigenvalue weighted by Crippen LogP contribution is 2.34. The monoisotopic (exact) mass is 603 g/mol. The smallest absolute Gasteiger partial charge is 0.491 e. The molecule has 0 saturated carbocycles. The molecule has 0 fully saturated rings. The van der Waals surface area contributed by atoms with Crippen LogP contribution in [-0.4, -0.2) is 48.1 Å². The van der Waals surface area contributed by atoms with Gasteiger partial charge in [-0.1, -0.05) is 6.07 Å². The van der Waals surface area contributed by atoms with Crippen molar-refractivity contribution in [2.24, 2.45) is 5.73 Å². The van der Waals surface area contributed by atoms with Crippen LogP contribution in [0.25, 0.3) is 0 Å². The Morgan fingerprint density at radius 3 is 2.19 bits per heavy atom. The number of carbonyl (C=O) groups is 3. The summed E-state index contributed by atoms with van der Waals surface area (Å²) in [5.41, 5.74) is 10.0. The Labute approximate surface area is 243 Å². The van der Waals surface area contributed by atoms with Crippen LogP contribution in [0.3, 0.4) is 0 Å². The van der Waals surface area contributed by atoms with Crippen molar-refractivity contribution in [3.8, 4) is 23.0 Å². The lowest BCUT2D eigenvalue weighted by atomic mass is 10.0. The number of hydrogen-bond acceptors (Lipinski definition) is 9. The molecule has 0 aliphatic heterocycles. The summed E-state index contributed by atoms with van der Waals surface area (Å²) >= 11 is 0. The molecular formula is C28H28F3N5O7. The number of phenols is 1. The molecular weight excluding hydrogens is 575 g/mol. The molecule has 0 aromatic heterocycles. The zero-order chi connectivity index (χ0) is 31.9. The maximum atomic E-state index is 13.4. The van der Waals surface area contributed by atoms with E-state index in [-0.39, 0.29) is 40.0 Å². The number of methoxy groups -OCH3 is 1. The Morgan fingerprint density at radius 2 is 1.60 bits per heavy atom. The van der Waals surface area contributed by atoms with Gasteiger partial charge in [0.15, 0.2) is 11.5 Å². The Morgan fingerprint density at radius 1 is 0.930 bits per heavy atom. The molecule has 43 heavy (non-hydrogen) atoms. The third-order valence-electron chi connectivity index (χ3n) is 5.59. The highest BCUT2D eigenvalue weighted by molar-refractivity contribution is 5.99. The molecule has 0 radical (unpaired) electrons. The first-order valence-corrected chi connectivity index (χ1v) is 12.5. The van der Waals surface area contributed by atoms with Gasteiger partial charge >= 0.3 is 12.1 Å². The lowest BCUT2D eigenvalue weighted by Crippen LogP contribution is -2.45. The van der Waals surface area contributed by atoms with Crippen LogP contribution in [0.4, 0.5) is 18.9 Å². The minimum absolute atomic E-state index is 0.0125. The fourth-order valence-electron chi connectivity index (χ4n) is 3.63. The molecule has 3 aromatic carbocycles. The predicted molar refractivity (Wildman–Crippen MR) is 148 cm³/mol. The number of esters is 1. The number of ether oxygens (including phenoxy) is 3. The Bertz CT molecular complexity index is 1510. The first-order valence-electron chi connectivity index (χ1n) is 12.5. The van der Waals surface area contributed by atoms with Crippen LogP contribution < -0.4 is 36.1 Å². The molecule has 0 heterocycles. The minimum Gasteiger partial charge on any atom is -0.508 e. The Balaban J connectivity index is 1.97. The normalized spacial score (nSPS) is 11.7. The quantitative estimate of drug-likeness (QED) is 0.0663. The second kappa shape index (κ2) is 13.5. The van der Waals surface area contributed by atoms with E-state index in [1.807, 2.05) is 0 Å². The van der Waals surface area contributed by atoms with Crippen LogP contribution in [-0.2, 0) is 9.59 Å². The van der Waals surface area contributed by atoms with Gasteiger partial charge in [-0.2, -0.15) is 13.2 Å². The van der Waals surface area contributed by atoms with Crippen LogP contribution in [0.2, 0.25) is 0 Å². The number of alkyl halides is 3. The zero-order valence-electron chi connectivity index (χ0n) is 23.0. The zero-order valence-corrected chi connectivity index (χ0v) is 23.0. The molecule has 1 unspecified atom stereocenters. The summed E-state index contributed by atoms with van der Waals surface area (Å²) in [7, 11) is 1.38. The second-order valence-electron chi connectivity index (χ2n) is 9.16. The van der Waals surface area contributed by atoms with Crippen molar-refractivity contribution in [3.05, 3.63) is 77.4 Å². The average molecular weight is 604 g/mol. The predicted octanol–water partition coefficient (Wildman–Crippen LogP) is 3.55. The highest BCUT2D eigenvalue weighted by Gasteiger charge is 2.42. The summed E-state index contributed by atoms with van der Waals surface area (Å²) in [6.45, 7) is 3.60. The van der Waals surface area contributed by atoms with Crippen molar-refractivity contribution in [1.82, 2.24) is 10.9 Å². The van der Waals surface area contributed by atoms with Gasteiger partial charge in [0.25, 0.3) is 11.8 Å². The molecule has 7 N–H and O–H groups in total. The van der Waals surface area contributed by atoms with Crippen LogP contribution in [0.5, 0.6) is 23.0 Å². The first kappa shape index (κ1) is 32.0. The van der Waals surface area contributed by atoms with Crippen LogP contribution >= 0.6 is 0 Å². The second-order valence-corrected chi connectivity index (χ2v) is 9.16. The number of amidine groups is 1. The summed E-state index contributed by atoms with van der Waals surface area (Å²) in [5.74, 6) is -4.87. The van der Waals surface area contributed by atoms with Crippen LogP contribution in [0.15, 0.2) is 60.7 Å². The van der Waals surface area contributed by atoms with Crippen molar-refractivity contribution in [1.29, 1.82) is 5.41 Å². The van der Waals surface area contributed by atoms with E-state index in [4.69, 9.17) is 20.6 Å².